The van der Waals surface area contributed by atoms with Crippen LogP contribution in [0.25, 0.3) is 0 Å². The van der Waals surface area contributed by atoms with Crippen LogP contribution in [0.3, 0.4) is 0 Å². The lowest BCUT2D eigenvalue weighted by Gasteiger charge is -2.26. The smallest absolute Gasteiger partial charge is 0.417 e. The van der Waals surface area contributed by atoms with Gasteiger partial charge in [0.15, 0.2) is 0 Å². The van der Waals surface area contributed by atoms with E-state index in [2.05, 4.69) is 4.74 Å². The molecule has 7 heteroatoms. The number of hydrogen-bond acceptors (Lipinski definition) is 6. The molecule has 1 heterocycles. The fourth-order valence-electron chi connectivity index (χ4n) is 1.92. The quantitative estimate of drug-likeness (QED) is 0.723. The summed E-state index contributed by atoms with van der Waals surface area (Å²) in [6, 6.07) is -1.00. The van der Waals surface area contributed by atoms with Crippen molar-refractivity contribution >= 4 is 18.0 Å². The van der Waals surface area contributed by atoms with Crippen LogP contribution in [0.2, 0.25) is 0 Å². The highest BCUT2D eigenvalue weighted by Crippen LogP contribution is 2.25. The van der Waals surface area contributed by atoms with Crippen LogP contribution in [-0.2, 0) is 23.8 Å². The monoisotopic (exact) mass is 287 g/mol. The van der Waals surface area contributed by atoms with Crippen LogP contribution >= 0.6 is 0 Å². The number of likely N-dealkylation sites (tertiary alicyclic amines) is 1. The van der Waals surface area contributed by atoms with Gasteiger partial charge in [-0.15, -0.1) is 0 Å². The van der Waals surface area contributed by atoms with Crippen molar-refractivity contribution in [3.8, 4) is 0 Å². The van der Waals surface area contributed by atoms with Gasteiger partial charge in [0.1, 0.15) is 17.7 Å². The molecule has 0 spiro atoms. The van der Waals surface area contributed by atoms with Crippen molar-refractivity contribution < 1.29 is 28.6 Å². The lowest BCUT2D eigenvalue weighted by molar-refractivity contribution is -0.149. The van der Waals surface area contributed by atoms with E-state index in [9.17, 15) is 14.4 Å². The zero-order valence-corrected chi connectivity index (χ0v) is 12.5. The number of imide groups is 1. The lowest BCUT2D eigenvalue weighted by Crippen LogP contribution is -2.46. The molecule has 0 aromatic rings. The second-order valence-corrected chi connectivity index (χ2v) is 5.41. The van der Waals surface area contributed by atoms with Gasteiger partial charge in [-0.05, 0) is 27.7 Å². The van der Waals surface area contributed by atoms with E-state index >= 15 is 0 Å². The average molecular weight is 287 g/mol. The highest BCUT2D eigenvalue weighted by molar-refractivity contribution is 6.01. The number of carbonyl (C=O) groups excluding carboxylic acids is 3. The van der Waals surface area contributed by atoms with E-state index in [-0.39, 0.29) is 6.42 Å². The van der Waals surface area contributed by atoms with Crippen LogP contribution in [-0.4, -0.2) is 54.3 Å². The van der Waals surface area contributed by atoms with Gasteiger partial charge in [-0.25, -0.2) is 14.5 Å². The summed E-state index contributed by atoms with van der Waals surface area (Å²) in [5.74, 6) is -1.23. The van der Waals surface area contributed by atoms with Crippen molar-refractivity contribution in [1.29, 1.82) is 0 Å². The second kappa shape index (κ2) is 6.21. The van der Waals surface area contributed by atoms with Crippen molar-refractivity contribution in [2.45, 2.75) is 51.9 Å². The third kappa shape index (κ3) is 3.69. The molecule has 2 amide bonds. The molecule has 1 rings (SSSR count). The number of ether oxygens (including phenoxy) is 3. The van der Waals surface area contributed by atoms with Crippen molar-refractivity contribution in [1.82, 2.24) is 4.90 Å². The van der Waals surface area contributed by atoms with Gasteiger partial charge in [-0.1, -0.05) is 0 Å². The summed E-state index contributed by atoms with van der Waals surface area (Å²) in [5, 5.41) is 0. The average Bonchev–Trinajstić information content (AvgIpc) is 2.64. The zero-order valence-electron chi connectivity index (χ0n) is 12.5. The number of hydrogen-bond donors (Lipinski definition) is 0. The molecular formula is C13H21NO6. The molecule has 114 valence electrons. The number of nitrogens with zero attached hydrogens (tertiary/aromatic N) is 1. The first-order valence-corrected chi connectivity index (χ1v) is 6.46. The van der Waals surface area contributed by atoms with Crippen LogP contribution in [0.15, 0.2) is 0 Å². The Morgan fingerprint density at radius 2 is 1.95 bits per heavy atom. The summed E-state index contributed by atoms with van der Waals surface area (Å²) >= 11 is 0. The summed E-state index contributed by atoms with van der Waals surface area (Å²) in [6.07, 6.45) is -1.60. The molecule has 0 N–H and O–H groups in total. The summed E-state index contributed by atoms with van der Waals surface area (Å²) in [5.41, 5.74) is -0.762. The van der Waals surface area contributed by atoms with E-state index in [1.54, 1.807) is 27.7 Å². The number of rotatable bonds is 3. The molecule has 1 saturated heterocycles. The fraction of sp³-hybridized carbons (Fsp3) is 0.769. The Morgan fingerprint density at radius 3 is 2.40 bits per heavy atom. The molecule has 2 atom stereocenters. The van der Waals surface area contributed by atoms with Gasteiger partial charge >= 0.3 is 12.1 Å². The molecule has 0 radical (unpaired) electrons. The maximum Gasteiger partial charge on any atom is 0.417 e. The van der Waals surface area contributed by atoms with Gasteiger partial charge in [-0.3, -0.25) is 4.79 Å². The minimum atomic E-state index is -1.00. The van der Waals surface area contributed by atoms with E-state index in [4.69, 9.17) is 9.47 Å². The number of methoxy groups -OCH3 is 1. The third-order valence-electron chi connectivity index (χ3n) is 2.69. The van der Waals surface area contributed by atoms with E-state index in [1.165, 1.54) is 7.11 Å². The summed E-state index contributed by atoms with van der Waals surface area (Å²) in [6.45, 7) is 7.08. The highest BCUT2D eigenvalue weighted by Gasteiger charge is 2.49. The molecule has 1 fully saturated rings. The first-order chi connectivity index (χ1) is 9.21. The topological polar surface area (TPSA) is 82.1 Å². The van der Waals surface area contributed by atoms with E-state index < -0.39 is 35.7 Å². The van der Waals surface area contributed by atoms with Gasteiger partial charge < -0.3 is 14.2 Å². The molecule has 7 nitrogen and oxygen atoms in total. The zero-order chi connectivity index (χ0) is 15.5. The van der Waals surface area contributed by atoms with Gasteiger partial charge in [0.2, 0.25) is 0 Å². The van der Waals surface area contributed by atoms with Crippen LogP contribution in [0.4, 0.5) is 4.79 Å². The Morgan fingerprint density at radius 1 is 1.35 bits per heavy atom. The van der Waals surface area contributed by atoms with Crippen molar-refractivity contribution in [2.75, 3.05) is 13.7 Å². The SMILES string of the molecule is CCOC1CC(C(=O)OC)N(C(=O)OC(C)(C)C)C1=O. The van der Waals surface area contributed by atoms with E-state index in [1.807, 2.05) is 0 Å². The summed E-state index contributed by atoms with van der Waals surface area (Å²) in [7, 11) is 1.20. The Labute approximate surface area is 118 Å². The Balaban J connectivity index is 2.95. The van der Waals surface area contributed by atoms with E-state index in [0.29, 0.717) is 6.61 Å². The third-order valence-corrected chi connectivity index (χ3v) is 2.69. The first kappa shape index (κ1) is 16.4. The maximum atomic E-state index is 12.1. The normalized spacial score (nSPS) is 22.9. The molecule has 1 aliphatic heterocycles. The minimum Gasteiger partial charge on any atom is -0.467 e. The number of esters is 1. The van der Waals surface area contributed by atoms with Crippen molar-refractivity contribution in [2.24, 2.45) is 0 Å². The predicted molar refractivity (Wildman–Crippen MR) is 68.9 cm³/mol. The van der Waals surface area contributed by atoms with Gasteiger partial charge in [0, 0.05) is 13.0 Å². The van der Waals surface area contributed by atoms with Gasteiger partial charge in [0.05, 0.1) is 7.11 Å². The van der Waals surface area contributed by atoms with Crippen LogP contribution < -0.4 is 0 Å². The summed E-state index contributed by atoms with van der Waals surface area (Å²) < 4.78 is 15.0. The molecule has 0 aromatic heterocycles. The Hall–Kier alpha value is -1.63. The molecule has 20 heavy (non-hydrogen) atoms. The van der Waals surface area contributed by atoms with Crippen LogP contribution in [0.1, 0.15) is 34.1 Å². The molecule has 1 aliphatic rings. The molecule has 0 aliphatic carbocycles. The standard InChI is InChI=1S/C13H21NO6/c1-6-19-9-7-8(11(16)18-5)14(10(9)15)12(17)20-13(2,3)4/h8-9H,6-7H2,1-5H3. The van der Waals surface area contributed by atoms with Crippen molar-refractivity contribution in [3.63, 3.8) is 0 Å². The van der Waals surface area contributed by atoms with Gasteiger partial charge in [0.25, 0.3) is 5.91 Å². The molecule has 0 aromatic carbocycles. The fourth-order valence-corrected chi connectivity index (χ4v) is 1.92. The Bertz CT molecular complexity index is 400. The van der Waals surface area contributed by atoms with Crippen LogP contribution in [0.5, 0.6) is 0 Å². The maximum absolute atomic E-state index is 12.1. The molecular weight excluding hydrogens is 266 g/mol. The molecule has 0 saturated carbocycles. The van der Waals surface area contributed by atoms with E-state index in [0.717, 1.165) is 4.90 Å². The molecule has 0 bridgehead atoms. The second-order valence-electron chi connectivity index (χ2n) is 5.41. The van der Waals surface area contributed by atoms with Gasteiger partial charge in [-0.2, -0.15) is 0 Å². The predicted octanol–water partition coefficient (Wildman–Crippen LogP) is 1.10. The van der Waals surface area contributed by atoms with Crippen LogP contribution in [0, 0.1) is 0 Å². The Kier molecular flexibility index (Phi) is 5.10. The van der Waals surface area contributed by atoms with Crippen molar-refractivity contribution in [3.05, 3.63) is 0 Å². The minimum absolute atomic E-state index is 0.0819. The number of amides is 2. The largest absolute Gasteiger partial charge is 0.467 e. The molecule has 2 unspecified atom stereocenters. The first-order valence-electron chi connectivity index (χ1n) is 6.46. The lowest BCUT2D eigenvalue weighted by atomic mass is 10.2. The number of carbonyl (C=O) groups is 3. The highest BCUT2D eigenvalue weighted by atomic mass is 16.6. The summed E-state index contributed by atoms with van der Waals surface area (Å²) in [4.78, 5) is 36.7.